The summed E-state index contributed by atoms with van der Waals surface area (Å²) >= 11 is 3.25. The Morgan fingerprint density at radius 3 is 2.39 bits per heavy atom. The van der Waals surface area contributed by atoms with Crippen LogP contribution in [0.2, 0.25) is 0 Å². The van der Waals surface area contributed by atoms with Gasteiger partial charge in [-0.25, -0.2) is 14.4 Å². The van der Waals surface area contributed by atoms with E-state index < -0.39 is 0 Å². The van der Waals surface area contributed by atoms with Crippen molar-refractivity contribution in [1.29, 1.82) is 0 Å². The van der Waals surface area contributed by atoms with Crippen molar-refractivity contribution < 1.29 is 4.39 Å². The van der Waals surface area contributed by atoms with Crippen molar-refractivity contribution in [2.24, 2.45) is 0 Å². The highest BCUT2D eigenvalue weighted by molar-refractivity contribution is 9.10. The van der Waals surface area contributed by atoms with Crippen molar-refractivity contribution in [2.45, 2.75) is 39.2 Å². The van der Waals surface area contributed by atoms with Crippen LogP contribution >= 0.6 is 15.9 Å². The summed E-state index contributed by atoms with van der Waals surface area (Å²) in [5.74, 6) is 1.23. The fourth-order valence-corrected chi connectivity index (χ4v) is 3.61. The monoisotopic (exact) mass is 377 g/mol. The van der Waals surface area contributed by atoms with Crippen LogP contribution in [0.5, 0.6) is 0 Å². The maximum Gasteiger partial charge on any atom is 0.137 e. The SMILES string of the molecule is Cc1cc(C)nc(C2CCN(Cc3ccc(F)c(Br)c3)CC2)n1. The van der Waals surface area contributed by atoms with Crippen molar-refractivity contribution in [3.63, 3.8) is 0 Å². The zero-order chi connectivity index (χ0) is 16.4. The minimum absolute atomic E-state index is 0.209. The van der Waals surface area contributed by atoms with Gasteiger partial charge in [-0.1, -0.05) is 6.07 Å². The number of likely N-dealkylation sites (tertiary alicyclic amines) is 1. The molecule has 1 saturated heterocycles. The average molecular weight is 378 g/mol. The topological polar surface area (TPSA) is 29.0 Å². The number of hydrogen-bond donors (Lipinski definition) is 0. The van der Waals surface area contributed by atoms with Gasteiger partial charge in [0.1, 0.15) is 11.6 Å². The number of hydrogen-bond acceptors (Lipinski definition) is 3. The first kappa shape index (κ1) is 16.5. The second-order valence-corrected chi connectivity index (χ2v) is 7.16. The molecule has 0 saturated carbocycles. The number of benzene rings is 1. The van der Waals surface area contributed by atoms with Crippen LogP contribution in [0.1, 0.15) is 41.5 Å². The van der Waals surface area contributed by atoms with Crippen LogP contribution in [-0.2, 0) is 6.54 Å². The molecule has 0 unspecified atom stereocenters. The molecular weight excluding hydrogens is 357 g/mol. The Morgan fingerprint density at radius 1 is 1.13 bits per heavy atom. The molecule has 2 heterocycles. The Hall–Kier alpha value is -1.33. The van der Waals surface area contributed by atoms with Crippen molar-refractivity contribution in [3.05, 3.63) is 57.3 Å². The molecule has 1 fully saturated rings. The summed E-state index contributed by atoms with van der Waals surface area (Å²) in [6.45, 7) is 6.96. The van der Waals surface area contributed by atoms with Crippen molar-refractivity contribution >= 4 is 15.9 Å². The van der Waals surface area contributed by atoms with Gasteiger partial charge in [0.2, 0.25) is 0 Å². The molecule has 2 aromatic rings. The van der Waals surface area contributed by atoms with Crippen LogP contribution in [0.25, 0.3) is 0 Å². The third-order valence-electron chi connectivity index (χ3n) is 4.34. The molecule has 3 nitrogen and oxygen atoms in total. The van der Waals surface area contributed by atoms with Crippen LogP contribution in [-0.4, -0.2) is 28.0 Å². The molecule has 1 aromatic heterocycles. The van der Waals surface area contributed by atoms with Crippen molar-refractivity contribution in [3.8, 4) is 0 Å². The van der Waals surface area contributed by atoms with Gasteiger partial charge >= 0.3 is 0 Å². The van der Waals surface area contributed by atoms with E-state index in [-0.39, 0.29) is 5.82 Å². The average Bonchev–Trinajstić information content (AvgIpc) is 2.51. The van der Waals surface area contributed by atoms with E-state index in [1.165, 1.54) is 6.07 Å². The first-order valence-corrected chi connectivity index (χ1v) is 8.79. The summed E-state index contributed by atoms with van der Waals surface area (Å²) in [5.41, 5.74) is 3.23. The maximum atomic E-state index is 13.3. The first-order valence-electron chi connectivity index (χ1n) is 8.00. The van der Waals surface area contributed by atoms with Crippen LogP contribution in [0.4, 0.5) is 4.39 Å². The molecule has 0 radical (unpaired) electrons. The van der Waals surface area contributed by atoms with E-state index in [0.29, 0.717) is 10.4 Å². The third kappa shape index (κ3) is 4.15. The van der Waals surface area contributed by atoms with E-state index in [4.69, 9.17) is 0 Å². The highest BCUT2D eigenvalue weighted by Gasteiger charge is 2.23. The summed E-state index contributed by atoms with van der Waals surface area (Å²) in [6.07, 6.45) is 2.15. The van der Waals surface area contributed by atoms with Crippen LogP contribution in [0.3, 0.4) is 0 Å². The molecule has 0 amide bonds. The summed E-state index contributed by atoms with van der Waals surface area (Å²) in [6, 6.07) is 7.27. The molecule has 0 bridgehead atoms. The lowest BCUT2D eigenvalue weighted by Gasteiger charge is -2.31. The molecule has 1 aliphatic rings. The Morgan fingerprint density at radius 2 is 1.78 bits per heavy atom. The zero-order valence-corrected chi connectivity index (χ0v) is 15.1. The normalized spacial score (nSPS) is 16.7. The molecule has 5 heteroatoms. The number of nitrogens with zero attached hydrogens (tertiary/aromatic N) is 3. The Labute approximate surface area is 145 Å². The van der Waals surface area contributed by atoms with E-state index in [9.17, 15) is 4.39 Å². The van der Waals surface area contributed by atoms with Gasteiger partial charge in [-0.3, -0.25) is 4.90 Å². The van der Waals surface area contributed by atoms with Crippen LogP contribution in [0, 0.1) is 19.7 Å². The van der Waals surface area contributed by atoms with Gasteiger partial charge in [-0.15, -0.1) is 0 Å². The minimum Gasteiger partial charge on any atom is -0.299 e. The number of rotatable bonds is 3. The van der Waals surface area contributed by atoms with Gasteiger partial charge in [0.05, 0.1) is 4.47 Å². The van der Waals surface area contributed by atoms with E-state index in [1.54, 1.807) is 0 Å². The van der Waals surface area contributed by atoms with Crippen molar-refractivity contribution in [1.82, 2.24) is 14.9 Å². The number of aryl methyl sites for hydroxylation is 2. The third-order valence-corrected chi connectivity index (χ3v) is 4.95. The van der Waals surface area contributed by atoms with Crippen molar-refractivity contribution in [2.75, 3.05) is 13.1 Å². The van der Waals surface area contributed by atoms with Gasteiger partial charge < -0.3 is 0 Å². The van der Waals surface area contributed by atoms with Crippen LogP contribution in [0.15, 0.2) is 28.7 Å². The second-order valence-electron chi connectivity index (χ2n) is 6.31. The Balaban J connectivity index is 1.60. The van der Waals surface area contributed by atoms with Gasteiger partial charge in [0.15, 0.2) is 0 Å². The van der Waals surface area contributed by atoms with E-state index >= 15 is 0 Å². The van der Waals surface area contributed by atoms with E-state index in [2.05, 4.69) is 30.8 Å². The number of halogens is 2. The molecule has 0 N–H and O–H groups in total. The highest BCUT2D eigenvalue weighted by atomic mass is 79.9. The lowest BCUT2D eigenvalue weighted by molar-refractivity contribution is 0.201. The lowest BCUT2D eigenvalue weighted by Crippen LogP contribution is -2.33. The predicted molar refractivity (Wildman–Crippen MR) is 92.9 cm³/mol. The molecule has 3 rings (SSSR count). The van der Waals surface area contributed by atoms with Gasteiger partial charge in [-0.05, 0) is 79.5 Å². The smallest absolute Gasteiger partial charge is 0.137 e. The quantitative estimate of drug-likeness (QED) is 0.794. The van der Waals surface area contributed by atoms with Gasteiger partial charge in [0.25, 0.3) is 0 Å². The standard InChI is InChI=1S/C18H21BrFN3/c1-12-9-13(2)22-18(21-12)15-5-7-23(8-6-15)11-14-3-4-17(20)16(19)10-14/h3-4,9-10,15H,5-8,11H2,1-2H3. The maximum absolute atomic E-state index is 13.3. The first-order chi connectivity index (χ1) is 11.0. The second kappa shape index (κ2) is 7.05. The number of aromatic nitrogens is 2. The highest BCUT2D eigenvalue weighted by Crippen LogP contribution is 2.27. The fourth-order valence-electron chi connectivity index (χ4n) is 3.18. The van der Waals surface area contributed by atoms with Crippen LogP contribution < -0.4 is 0 Å². The zero-order valence-electron chi connectivity index (χ0n) is 13.5. The van der Waals surface area contributed by atoms with Gasteiger partial charge in [0, 0.05) is 23.9 Å². The summed E-state index contributed by atoms with van der Waals surface area (Å²) < 4.78 is 13.8. The summed E-state index contributed by atoms with van der Waals surface area (Å²) in [5, 5.41) is 0. The molecule has 23 heavy (non-hydrogen) atoms. The largest absolute Gasteiger partial charge is 0.299 e. The lowest BCUT2D eigenvalue weighted by atomic mass is 9.95. The predicted octanol–water partition coefficient (Wildman–Crippen LogP) is 4.37. The van der Waals surface area contributed by atoms with E-state index in [1.807, 2.05) is 32.0 Å². The minimum atomic E-state index is -0.209. The van der Waals surface area contributed by atoms with E-state index in [0.717, 1.165) is 55.3 Å². The number of piperidine rings is 1. The molecule has 1 aliphatic heterocycles. The molecule has 0 aliphatic carbocycles. The van der Waals surface area contributed by atoms with Gasteiger partial charge in [-0.2, -0.15) is 0 Å². The Bertz CT molecular complexity index is 676. The Kier molecular flexibility index (Phi) is 5.07. The molecule has 0 atom stereocenters. The fraction of sp³-hybridized carbons (Fsp3) is 0.444. The summed E-state index contributed by atoms with van der Waals surface area (Å²) in [4.78, 5) is 11.6. The molecular formula is C18H21BrFN3. The summed E-state index contributed by atoms with van der Waals surface area (Å²) in [7, 11) is 0. The molecule has 1 aromatic carbocycles. The molecule has 122 valence electrons. The molecule has 0 spiro atoms.